The largest absolute Gasteiger partial charge is 0.444 e. The minimum atomic E-state index is -1.38. The predicted molar refractivity (Wildman–Crippen MR) is 130 cm³/mol. The van der Waals surface area contributed by atoms with Gasteiger partial charge in [-0.15, -0.1) is 0 Å². The number of oxime groups is 1. The van der Waals surface area contributed by atoms with Crippen LogP contribution < -0.4 is 11.5 Å². The van der Waals surface area contributed by atoms with E-state index in [1.54, 1.807) is 24.3 Å². The van der Waals surface area contributed by atoms with E-state index in [0.717, 1.165) is 16.0 Å². The molecule has 1 aliphatic heterocycles. The highest BCUT2D eigenvalue weighted by atomic mass is 79.9. The van der Waals surface area contributed by atoms with E-state index < -0.39 is 42.0 Å². The summed E-state index contributed by atoms with van der Waals surface area (Å²) in [4.78, 5) is 45.9. The lowest BCUT2D eigenvalue weighted by Gasteiger charge is -2.33. The molecule has 1 heterocycles. The zero-order valence-electron chi connectivity index (χ0n) is 18.7. The molecule has 3 rings (SSSR count). The van der Waals surface area contributed by atoms with Crippen LogP contribution in [0.2, 0.25) is 0 Å². The first kappa shape index (κ1) is 25.5. The van der Waals surface area contributed by atoms with Crippen LogP contribution >= 0.6 is 15.9 Å². The van der Waals surface area contributed by atoms with Crippen molar-refractivity contribution in [3.8, 4) is 0 Å². The molecular formula is C24H27BrN4O5. The third-order valence-corrected chi connectivity index (χ3v) is 5.74. The number of carbonyl (C=O) groups excluding carboxylic acids is 3. The zero-order chi connectivity index (χ0) is 24.7. The molecule has 2 amide bonds. The van der Waals surface area contributed by atoms with Crippen LogP contribution in [0.25, 0.3) is 0 Å². The Labute approximate surface area is 206 Å². The number of benzene rings is 2. The first-order chi connectivity index (χ1) is 16.3. The fraction of sp³-hybridized carbons (Fsp3) is 0.333. The second-order valence-corrected chi connectivity index (χ2v) is 8.91. The van der Waals surface area contributed by atoms with Crippen molar-refractivity contribution in [3.05, 3.63) is 71.8 Å². The Morgan fingerprint density at radius 2 is 1.68 bits per heavy atom. The summed E-state index contributed by atoms with van der Waals surface area (Å²) in [6.07, 6.45) is -1.56. The monoisotopic (exact) mass is 530 g/mol. The van der Waals surface area contributed by atoms with E-state index in [1.807, 2.05) is 36.4 Å². The fourth-order valence-corrected chi connectivity index (χ4v) is 3.95. The molecule has 4 N–H and O–H groups in total. The van der Waals surface area contributed by atoms with Crippen LogP contribution in [0.15, 0.2) is 65.8 Å². The topological polar surface area (TPSA) is 137 Å². The van der Waals surface area contributed by atoms with E-state index >= 15 is 0 Å². The molecule has 0 aliphatic carbocycles. The minimum absolute atomic E-state index is 0.0922. The Hall–Kier alpha value is -3.08. The molecule has 0 aromatic heterocycles. The number of imide groups is 1. The summed E-state index contributed by atoms with van der Waals surface area (Å²) < 4.78 is 5.83. The maximum atomic E-state index is 13.6. The molecular weight excluding hydrogens is 504 g/mol. The van der Waals surface area contributed by atoms with E-state index in [9.17, 15) is 14.4 Å². The van der Waals surface area contributed by atoms with Gasteiger partial charge in [0.05, 0.1) is 12.1 Å². The number of hydrogen-bond acceptors (Lipinski definition) is 8. The van der Waals surface area contributed by atoms with Crippen LogP contribution in [0.5, 0.6) is 0 Å². The summed E-state index contributed by atoms with van der Waals surface area (Å²) in [5.41, 5.74) is 13.6. The molecule has 180 valence electrons. The third kappa shape index (κ3) is 6.49. The lowest BCUT2D eigenvalue weighted by molar-refractivity contribution is -0.144. The van der Waals surface area contributed by atoms with Crippen LogP contribution in [-0.4, -0.2) is 51.5 Å². The van der Waals surface area contributed by atoms with Gasteiger partial charge in [0.1, 0.15) is 17.3 Å². The van der Waals surface area contributed by atoms with Gasteiger partial charge >= 0.3 is 6.09 Å². The van der Waals surface area contributed by atoms with Gasteiger partial charge < -0.3 is 21.0 Å². The molecule has 2 aromatic carbocycles. The van der Waals surface area contributed by atoms with Crippen molar-refractivity contribution in [3.63, 3.8) is 0 Å². The standard InChI is InChI=1S/C24H27BrN4O5/c1-15(26)23(31)29(24(32)33-14-17-10-6-3-7-11-17)21(19-13-20(25)28-34-19)22(30)18(27)12-16-8-4-2-5-9-16/h2-11,15,18-19,21H,12-14,26-27H2,1H3/t15-,18-,19?,21?/m0/s1. The van der Waals surface area contributed by atoms with Gasteiger partial charge in [-0.25, -0.2) is 9.69 Å². The predicted octanol–water partition coefficient (Wildman–Crippen LogP) is 2.50. The Kier molecular flexibility index (Phi) is 8.91. The fourth-order valence-electron chi connectivity index (χ4n) is 3.55. The van der Waals surface area contributed by atoms with Crippen molar-refractivity contribution in [1.29, 1.82) is 0 Å². The Bertz CT molecular complexity index is 1030. The summed E-state index contributed by atoms with van der Waals surface area (Å²) in [5.74, 6) is -1.34. The molecule has 2 unspecified atom stereocenters. The number of Topliss-reactive ketones (excluding diaryl/α,β-unsaturated/α-hetero) is 1. The van der Waals surface area contributed by atoms with Gasteiger partial charge in [-0.05, 0) is 40.4 Å². The number of carbonyl (C=O) groups is 3. The number of rotatable bonds is 9. The summed E-state index contributed by atoms with van der Waals surface area (Å²) in [6, 6.07) is 14.7. The van der Waals surface area contributed by atoms with Crippen molar-refractivity contribution in [2.45, 2.75) is 50.6 Å². The smallest absolute Gasteiger partial charge is 0.417 e. The zero-order valence-corrected chi connectivity index (χ0v) is 20.3. The summed E-state index contributed by atoms with van der Waals surface area (Å²) in [7, 11) is 0. The summed E-state index contributed by atoms with van der Waals surface area (Å²) in [6.45, 7) is 1.33. The van der Waals surface area contributed by atoms with Crippen molar-refractivity contribution < 1.29 is 24.0 Å². The number of nitrogens with zero attached hydrogens (tertiary/aromatic N) is 2. The highest BCUT2D eigenvalue weighted by Gasteiger charge is 2.46. The molecule has 2 aromatic rings. The van der Waals surface area contributed by atoms with Gasteiger partial charge in [-0.3, -0.25) is 9.59 Å². The number of halogens is 1. The molecule has 0 radical (unpaired) electrons. The van der Waals surface area contributed by atoms with E-state index in [-0.39, 0.29) is 19.4 Å². The number of ketones is 1. The van der Waals surface area contributed by atoms with Crippen molar-refractivity contribution in [1.82, 2.24) is 4.90 Å². The lowest BCUT2D eigenvalue weighted by atomic mass is 9.93. The highest BCUT2D eigenvalue weighted by Crippen LogP contribution is 2.24. The van der Waals surface area contributed by atoms with Crippen LogP contribution in [0, 0.1) is 0 Å². The van der Waals surface area contributed by atoms with Gasteiger partial charge in [-0.2, -0.15) is 0 Å². The first-order valence-electron chi connectivity index (χ1n) is 10.8. The quantitative estimate of drug-likeness (QED) is 0.507. The minimum Gasteiger partial charge on any atom is -0.444 e. The Morgan fingerprint density at radius 1 is 1.09 bits per heavy atom. The van der Waals surface area contributed by atoms with Gasteiger partial charge in [0, 0.05) is 6.42 Å². The van der Waals surface area contributed by atoms with Gasteiger partial charge in [0.2, 0.25) is 5.91 Å². The lowest BCUT2D eigenvalue weighted by Crippen LogP contribution is -2.61. The average Bonchev–Trinajstić information content (AvgIpc) is 3.27. The maximum absolute atomic E-state index is 13.6. The van der Waals surface area contributed by atoms with Crippen LogP contribution in [0.3, 0.4) is 0 Å². The normalized spacial score (nSPS) is 17.6. The van der Waals surface area contributed by atoms with E-state index in [4.69, 9.17) is 21.0 Å². The number of ether oxygens (including phenoxy) is 1. The summed E-state index contributed by atoms with van der Waals surface area (Å²) in [5, 5.41) is 3.82. The molecule has 9 nitrogen and oxygen atoms in total. The molecule has 0 bridgehead atoms. The molecule has 0 saturated carbocycles. The van der Waals surface area contributed by atoms with Gasteiger partial charge in [0.25, 0.3) is 0 Å². The van der Waals surface area contributed by atoms with Crippen LogP contribution in [0.4, 0.5) is 4.79 Å². The van der Waals surface area contributed by atoms with Gasteiger partial charge in [0.15, 0.2) is 11.9 Å². The summed E-state index contributed by atoms with van der Waals surface area (Å²) >= 11 is 3.24. The van der Waals surface area contributed by atoms with Crippen LogP contribution in [-0.2, 0) is 32.2 Å². The molecule has 0 saturated heterocycles. The Morgan fingerprint density at radius 3 is 2.21 bits per heavy atom. The molecule has 10 heteroatoms. The van der Waals surface area contributed by atoms with Crippen molar-refractivity contribution in [2.75, 3.05) is 0 Å². The maximum Gasteiger partial charge on any atom is 0.417 e. The van der Waals surface area contributed by atoms with Crippen molar-refractivity contribution >= 4 is 38.3 Å². The van der Waals surface area contributed by atoms with E-state index in [1.165, 1.54) is 6.92 Å². The number of amides is 2. The SMILES string of the molecule is C[C@H](N)C(=O)N(C(=O)OCc1ccccc1)C(C(=O)[C@@H](N)Cc1ccccc1)C1CC(Br)=NO1. The molecule has 34 heavy (non-hydrogen) atoms. The second-order valence-electron chi connectivity index (χ2n) is 8.00. The van der Waals surface area contributed by atoms with Gasteiger partial charge in [-0.1, -0.05) is 65.8 Å². The van der Waals surface area contributed by atoms with E-state index in [2.05, 4.69) is 21.1 Å². The average molecular weight is 531 g/mol. The first-order valence-corrected chi connectivity index (χ1v) is 11.6. The van der Waals surface area contributed by atoms with Crippen molar-refractivity contribution in [2.24, 2.45) is 16.6 Å². The number of nitrogens with two attached hydrogens (primary N) is 2. The highest BCUT2D eigenvalue weighted by molar-refractivity contribution is 9.18. The molecule has 0 spiro atoms. The molecule has 0 fully saturated rings. The Balaban J connectivity index is 1.88. The third-order valence-electron chi connectivity index (χ3n) is 5.27. The van der Waals surface area contributed by atoms with Crippen LogP contribution in [0.1, 0.15) is 24.5 Å². The molecule has 1 aliphatic rings. The second kappa shape index (κ2) is 11.9. The molecule has 4 atom stereocenters. The van der Waals surface area contributed by atoms with E-state index in [0.29, 0.717) is 4.62 Å². The number of hydrogen-bond donors (Lipinski definition) is 2.